The lowest BCUT2D eigenvalue weighted by atomic mass is 9.85. The van der Waals surface area contributed by atoms with E-state index in [0.717, 1.165) is 18.4 Å². The Labute approximate surface area is 111 Å². The van der Waals surface area contributed by atoms with Crippen LogP contribution >= 0.6 is 0 Å². The summed E-state index contributed by atoms with van der Waals surface area (Å²) < 4.78 is 0. The summed E-state index contributed by atoms with van der Waals surface area (Å²) in [5.74, 6) is 2.19. The maximum absolute atomic E-state index is 4.53. The Bertz CT molecular complexity index is 345. The Kier molecular flexibility index (Phi) is 4.76. The predicted octanol–water partition coefficient (Wildman–Crippen LogP) is 3.60. The second-order valence-corrected chi connectivity index (χ2v) is 5.72. The second-order valence-electron chi connectivity index (χ2n) is 5.72. The van der Waals surface area contributed by atoms with Gasteiger partial charge in [-0.25, -0.2) is 0 Å². The van der Waals surface area contributed by atoms with Crippen molar-refractivity contribution >= 4 is 0 Å². The molecule has 0 aliphatic heterocycles. The molecule has 1 aromatic heterocycles. The van der Waals surface area contributed by atoms with E-state index in [9.17, 15) is 0 Å². The quantitative estimate of drug-likeness (QED) is 0.795. The van der Waals surface area contributed by atoms with Crippen LogP contribution in [0.4, 0.5) is 0 Å². The number of hydrogen-bond acceptors (Lipinski definition) is 2. The van der Waals surface area contributed by atoms with Gasteiger partial charge in [-0.15, -0.1) is 0 Å². The standard InChI is InChI=1S/C16H26N2/c1-4-10-18-16(12(2)14-8-9-14)13(3)15-7-5-6-11-17-15/h5-7,11-14,16,18H,4,8-10H2,1-3H3. The molecule has 1 saturated carbocycles. The zero-order valence-electron chi connectivity index (χ0n) is 11.9. The van der Waals surface area contributed by atoms with Crippen molar-refractivity contribution in [3.05, 3.63) is 30.1 Å². The molecule has 1 fully saturated rings. The molecule has 3 atom stereocenters. The SMILES string of the molecule is CCCNC(C(C)c1ccccn1)C(C)C1CC1. The maximum Gasteiger partial charge on any atom is 0.0447 e. The van der Waals surface area contributed by atoms with Gasteiger partial charge in [0, 0.05) is 23.9 Å². The van der Waals surface area contributed by atoms with Crippen LogP contribution in [0.3, 0.4) is 0 Å². The van der Waals surface area contributed by atoms with Crippen LogP contribution in [0.1, 0.15) is 51.6 Å². The first-order valence-corrected chi connectivity index (χ1v) is 7.38. The second kappa shape index (κ2) is 6.33. The highest BCUT2D eigenvalue weighted by Gasteiger charge is 2.36. The summed E-state index contributed by atoms with van der Waals surface area (Å²) >= 11 is 0. The van der Waals surface area contributed by atoms with E-state index in [1.807, 2.05) is 12.3 Å². The smallest absolute Gasteiger partial charge is 0.0447 e. The highest BCUT2D eigenvalue weighted by Crippen LogP contribution is 2.41. The summed E-state index contributed by atoms with van der Waals surface area (Å²) in [4.78, 5) is 4.53. The third kappa shape index (κ3) is 3.32. The number of nitrogens with one attached hydrogen (secondary N) is 1. The molecular weight excluding hydrogens is 220 g/mol. The van der Waals surface area contributed by atoms with Gasteiger partial charge in [0.2, 0.25) is 0 Å². The Morgan fingerprint density at radius 1 is 1.33 bits per heavy atom. The van der Waals surface area contributed by atoms with Gasteiger partial charge in [0.15, 0.2) is 0 Å². The summed E-state index contributed by atoms with van der Waals surface area (Å²) in [6.45, 7) is 8.06. The van der Waals surface area contributed by atoms with E-state index in [1.54, 1.807) is 0 Å². The van der Waals surface area contributed by atoms with Crippen molar-refractivity contribution in [3.8, 4) is 0 Å². The van der Waals surface area contributed by atoms with E-state index in [-0.39, 0.29) is 0 Å². The molecule has 2 rings (SSSR count). The molecule has 18 heavy (non-hydrogen) atoms. The molecule has 1 N–H and O–H groups in total. The minimum atomic E-state index is 0.494. The number of hydrogen-bond donors (Lipinski definition) is 1. The van der Waals surface area contributed by atoms with Crippen LogP contribution in [0.5, 0.6) is 0 Å². The van der Waals surface area contributed by atoms with Crippen molar-refractivity contribution in [1.82, 2.24) is 10.3 Å². The number of nitrogens with zero attached hydrogens (tertiary/aromatic N) is 1. The van der Waals surface area contributed by atoms with E-state index < -0.39 is 0 Å². The largest absolute Gasteiger partial charge is 0.313 e. The maximum atomic E-state index is 4.53. The van der Waals surface area contributed by atoms with Gasteiger partial charge in [0.25, 0.3) is 0 Å². The minimum Gasteiger partial charge on any atom is -0.313 e. The molecule has 0 saturated heterocycles. The monoisotopic (exact) mass is 246 g/mol. The molecular formula is C16H26N2. The van der Waals surface area contributed by atoms with Crippen molar-refractivity contribution < 1.29 is 0 Å². The first-order valence-electron chi connectivity index (χ1n) is 7.38. The molecule has 3 unspecified atom stereocenters. The van der Waals surface area contributed by atoms with Crippen molar-refractivity contribution in [2.24, 2.45) is 11.8 Å². The average Bonchev–Trinajstić information content (AvgIpc) is 3.24. The van der Waals surface area contributed by atoms with Crippen molar-refractivity contribution in [2.45, 2.75) is 52.0 Å². The van der Waals surface area contributed by atoms with Gasteiger partial charge in [-0.3, -0.25) is 4.98 Å². The summed E-state index contributed by atoms with van der Waals surface area (Å²) in [5, 5.41) is 3.75. The summed E-state index contributed by atoms with van der Waals surface area (Å²) in [7, 11) is 0. The fraction of sp³-hybridized carbons (Fsp3) is 0.688. The topological polar surface area (TPSA) is 24.9 Å². The van der Waals surface area contributed by atoms with Crippen LogP contribution in [0.15, 0.2) is 24.4 Å². The Balaban J connectivity index is 2.06. The third-order valence-corrected chi connectivity index (χ3v) is 4.26. The van der Waals surface area contributed by atoms with E-state index in [4.69, 9.17) is 0 Å². The molecule has 2 nitrogen and oxygen atoms in total. The Hall–Kier alpha value is -0.890. The first-order chi connectivity index (χ1) is 8.74. The van der Waals surface area contributed by atoms with E-state index in [2.05, 4.69) is 43.2 Å². The molecule has 0 amide bonds. The summed E-state index contributed by atoms with van der Waals surface area (Å²) in [6.07, 6.45) is 5.94. The highest BCUT2D eigenvalue weighted by molar-refractivity contribution is 5.12. The van der Waals surface area contributed by atoms with Gasteiger partial charge >= 0.3 is 0 Å². The van der Waals surface area contributed by atoms with Crippen LogP contribution in [0.2, 0.25) is 0 Å². The summed E-state index contributed by atoms with van der Waals surface area (Å²) in [6, 6.07) is 6.81. The van der Waals surface area contributed by atoms with Crippen LogP contribution < -0.4 is 5.32 Å². The zero-order valence-corrected chi connectivity index (χ0v) is 11.9. The Morgan fingerprint density at radius 2 is 2.11 bits per heavy atom. The number of pyridine rings is 1. The molecule has 100 valence electrons. The third-order valence-electron chi connectivity index (χ3n) is 4.26. The van der Waals surface area contributed by atoms with Gasteiger partial charge in [0.05, 0.1) is 0 Å². The van der Waals surface area contributed by atoms with E-state index in [0.29, 0.717) is 12.0 Å². The molecule has 1 aromatic rings. The van der Waals surface area contributed by atoms with Crippen LogP contribution in [0.25, 0.3) is 0 Å². The summed E-state index contributed by atoms with van der Waals surface area (Å²) in [5.41, 5.74) is 1.22. The van der Waals surface area contributed by atoms with E-state index in [1.165, 1.54) is 25.0 Å². The molecule has 1 heterocycles. The minimum absolute atomic E-state index is 0.494. The van der Waals surface area contributed by atoms with Gasteiger partial charge in [0.1, 0.15) is 0 Å². The lowest BCUT2D eigenvalue weighted by Crippen LogP contribution is -2.40. The molecule has 0 bridgehead atoms. The molecule has 2 heteroatoms. The van der Waals surface area contributed by atoms with Gasteiger partial charge in [-0.05, 0) is 49.8 Å². The van der Waals surface area contributed by atoms with Gasteiger partial charge < -0.3 is 5.32 Å². The average molecular weight is 246 g/mol. The molecule has 0 aromatic carbocycles. The zero-order chi connectivity index (χ0) is 13.0. The lowest BCUT2D eigenvalue weighted by Gasteiger charge is -2.30. The number of aromatic nitrogens is 1. The predicted molar refractivity (Wildman–Crippen MR) is 76.6 cm³/mol. The highest BCUT2D eigenvalue weighted by atomic mass is 14.9. The normalized spacial score (nSPS) is 20.4. The van der Waals surface area contributed by atoms with Gasteiger partial charge in [-0.1, -0.05) is 26.8 Å². The Morgan fingerprint density at radius 3 is 2.67 bits per heavy atom. The van der Waals surface area contributed by atoms with Crippen LogP contribution in [-0.4, -0.2) is 17.6 Å². The number of rotatable bonds is 7. The van der Waals surface area contributed by atoms with Gasteiger partial charge in [-0.2, -0.15) is 0 Å². The molecule has 0 radical (unpaired) electrons. The van der Waals surface area contributed by atoms with E-state index >= 15 is 0 Å². The first kappa shape index (κ1) is 13.5. The molecule has 0 spiro atoms. The van der Waals surface area contributed by atoms with Crippen molar-refractivity contribution in [1.29, 1.82) is 0 Å². The van der Waals surface area contributed by atoms with Crippen LogP contribution in [-0.2, 0) is 0 Å². The van der Waals surface area contributed by atoms with Crippen molar-refractivity contribution in [3.63, 3.8) is 0 Å². The fourth-order valence-electron chi connectivity index (χ4n) is 2.87. The lowest BCUT2D eigenvalue weighted by molar-refractivity contribution is 0.303. The van der Waals surface area contributed by atoms with Crippen LogP contribution in [0, 0.1) is 11.8 Å². The van der Waals surface area contributed by atoms with Crippen molar-refractivity contribution in [2.75, 3.05) is 6.54 Å². The molecule has 1 aliphatic rings. The molecule has 1 aliphatic carbocycles. The fourth-order valence-corrected chi connectivity index (χ4v) is 2.87.